The van der Waals surface area contributed by atoms with Crippen molar-refractivity contribution in [1.29, 1.82) is 0 Å². The van der Waals surface area contributed by atoms with Crippen LogP contribution < -0.4 is 5.32 Å². The van der Waals surface area contributed by atoms with Crippen molar-refractivity contribution >= 4 is 40.7 Å². The van der Waals surface area contributed by atoms with Gasteiger partial charge in [-0.25, -0.2) is 4.79 Å². The van der Waals surface area contributed by atoms with Gasteiger partial charge in [-0.1, -0.05) is 84.4 Å². The number of amides is 1. The van der Waals surface area contributed by atoms with Gasteiger partial charge in [0, 0.05) is 0 Å². The Kier molecular flexibility index (Phi) is 7.78. The van der Waals surface area contributed by atoms with Crippen molar-refractivity contribution in [2.75, 3.05) is 11.9 Å². The maximum Gasteiger partial charge on any atom is 0.412 e. The highest BCUT2D eigenvalue weighted by Gasteiger charge is 2.52. The summed E-state index contributed by atoms with van der Waals surface area (Å²) in [6.07, 6.45) is 0.742. The number of halogens is 1. The maximum atomic E-state index is 12.7. The molecule has 7 heteroatoms. The number of aryl methyl sites for hydroxylation is 1. The first-order valence-corrected chi connectivity index (χ1v) is 14.2. The van der Waals surface area contributed by atoms with Crippen LogP contribution in [0.15, 0.2) is 78.9 Å². The Bertz CT molecular complexity index is 1490. The Morgan fingerprint density at radius 3 is 2.21 bits per heavy atom. The van der Waals surface area contributed by atoms with Crippen LogP contribution in [0.1, 0.15) is 49.5 Å². The monoisotopic (exact) mass is 559 g/mol. The molecule has 0 saturated heterocycles. The molecule has 0 radical (unpaired) electrons. The molecule has 1 N–H and O–H groups in total. The van der Waals surface area contributed by atoms with E-state index in [4.69, 9.17) is 21.1 Å². The standard InChI is InChI=1S/C32H30ClNO4S/c1-4-37-30(35)32(17-18-32)25-15-13-23(14-16-25)22-9-11-24(12-10-22)29-27(19-28(33)39-29)34-31(36)38-21(3)26-8-6-5-7-20(26)2/h5-16,19,21H,4,17-18H2,1-3H3,(H,34,36). The quantitative estimate of drug-likeness (QED) is 0.219. The Hall–Kier alpha value is -3.61. The third kappa shape index (κ3) is 5.72. The molecule has 3 aromatic carbocycles. The third-order valence-electron chi connectivity index (χ3n) is 7.18. The minimum atomic E-state index is -0.533. The number of rotatable bonds is 8. The number of carbonyl (C=O) groups is 2. The highest BCUT2D eigenvalue weighted by Crippen LogP contribution is 2.49. The van der Waals surface area contributed by atoms with Crippen LogP contribution in [0.3, 0.4) is 0 Å². The first kappa shape index (κ1) is 27.0. The van der Waals surface area contributed by atoms with E-state index in [9.17, 15) is 9.59 Å². The summed E-state index contributed by atoms with van der Waals surface area (Å²) in [4.78, 5) is 26.0. The van der Waals surface area contributed by atoms with E-state index >= 15 is 0 Å². The zero-order valence-corrected chi connectivity index (χ0v) is 23.7. The van der Waals surface area contributed by atoms with Crippen LogP contribution in [0.4, 0.5) is 10.5 Å². The molecule has 1 fully saturated rings. The fourth-order valence-corrected chi connectivity index (χ4v) is 6.06. The van der Waals surface area contributed by atoms with Crippen LogP contribution in [0, 0.1) is 6.92 Å². The second-order valence-corrected chi connectivity index (χ2v) is 11.5. The number of hydrogen-bond donors (Lipinski definition) is 1. The van der Waals surface area contributed by atoms with E-state index in [2.05, 4.69) is 5.32 Å². The van der Waals surface area contributed by atoms with Crippen LogP contribution in [0.25, 0.3) is 21.6 Å². The van der Waals surface area contributed by atoms with Gasteiger partial charge in [0.05, 0.1) is 26.9 Å². The lowest BCUT2D eigenvalue weighted by atomic mass is 9.93. The zero-order chi connectivity index (χ0) is 27.6. The molecule has 1 aliphatic rings. The lowest BCUT2D eigenvalue weighted by molar-refractivity contribution is -0.146. The second kappa shape index (κ2) is 11.2. The molecule has 0 bridgehead atoms. The first-order chi connectivity index (χ1) is 18.8. The number of nitrogens with one attached hydrogen (secondary N) is 1. The molecule has 1 unspecified atom stereocenters. The number of ether oxygens (including phenoxy) is 2. The van der Waals surface area contributed by atoms with E-state index in [1.807, 2.05) is 93.6 Å². The van der Waals surface area contributed by atoms with Gasteiger partial charge in [-0.05, 0) is 73.1 Å². The smallest absolute Gasteiger partial charge is 0.412 e. The van der Waals surface area contributed by atoms with E-state index < -0.39 is 11.5 Å². The van der Waals surface area contributed by atoms with Gasteiger partial charge in [-0.15, -0.1) is 11.3 Å². The molecule has 39 heavy (non-hydrogen) atoms. The highest BCUT2D eigenvalue weighted by atomic mass is 35.5. The molecular weight excluding hydrogens is 530 g/mol. The summed E-state index contributed by atoms with van der Waals surface area (Å²) >= 11 is 7.74. The molecule has 0 spiro atoms. The van der Waals surface area contributed by atoms with Gasteiger partial charge < -0.3 is 9.47 Å². The van der Waals surface area contributed by atoms with Gasteiger partial charge in [-0.3, -0.25) is 10.1 Å². The van der Waals surface area contributed by atoms with E-state index in [0.717, 1.165) is 51.1 Å². The average Bonchev–Trinajstić information content (AvgIpc) is 3.67. The Morgan fingerprint density at radius 2 is 1.59 bits per heavy atom. The van der Waals surface area contributed by atoms with Crippen molar-refractivity contribution in [3.63, 3.8) is 0 Å². The van der Waals surface area contributed by atoms with Crippen molar-refractivity contribution < 1.29 is 19.1 Å². The van der Waals surface area contributed by atoms with E-state index in [0.29, 0.717) is 16.6 Å². The maximum absolute atomic E-state index is 12.7. The molecule has 0 aliphatic heterocycles. The van der Waals surface area contributed by atoms with Gasteiger partial charge in [0.25, 0.3) is 0 Å². The molecular formula is C32H30ClNO4S. The molecule has 4 aromatic rings. The molecule has 1 saturated carbocycles. The van der Waals surface area contributed by atoms with Gasteiger partial charge in [-0.2, -0.15) is 0 Å². The summed E-state index contributed by atoms with van der Waals surface area (Å²) in [7, 11) is 0. The SMILES string of the molecule is CCOC(=O)C1(c2ccc(-c3ccc(-c4sc(Cl)cc4NC(=O)OC(C)c4ccccc4C)cc3)cc2)CC1. The fraction of sp³-hybridized carbons (Fsp3) is 0.250. The van der Waals surface area contributed by atoms with E-state index in [1.165, 1.54) is 11.3 Å². The summed E-state index contributed by atoms with van der Waals surface area (Å²) in [6.45, 7) is 6.08. The Labute approximate surface area is 237 Å². The minimum Gasteiger partial charge on any atom is -0.465 e. The molecule has 200 valence electrons. The van der Waals surface area contributed by atoms with Crippen molar-refractivity contribution in [2.45, 2.75) is 45.1 Å². The predicted molar refractivity (Wildman–Crippen MR) is 157 cm³/mol. The predicted octanol–water partition coefficient (Wildman–Crippen LogP) is 8.95. The molecule has 1 amide bonds. The lowest BCUT2D eigenvalue weighted by Gasteiger charge is -2.16. The number of carbonyl (C=O) groups excluding carboxylic acids is 2. The number of anilines is 1. The molecule has 1 heterocycles. The second-order valence-electron chi connectivity index (χ2n) is 9.78. The minimum absolute atomic E-state index is 0.130. The molecule has 1 atom stereocenters. The topological polar surface area (TPSA) is 64.6 Å². The Balaban J connectivity index is 1.29. The van der Waals surface area contributed by atoms with Crippen molar-refractivity contribution in [1.82, 2.24) is 0 Å². The van der Waals surface area contributed by atoms with Crippen molar-refractivity contribution in [3.8, 4) is 21.6 Å². The normalized spacial score (nSPS) is 14.4. The first-order valence-electron chi connectivity index (χ1n) is 13.0. The summed E-state index contributed by atoms with van der Waals surface area (Å²) in [5.41, 5.74) is 6.22. The van der Waals surface area contributed by atoms with E-state index in [1.54, 1.807) is 6.07 Å². The summed E-state index contributed by atoms with van der Waals surface area (Å²) in [6, 6.07) is 25.8. The zero-order valence-electron chi connectivity index (χ0n) is 22.1. The number of esters is 1. The number of benzene rings is 3. The largest absolute Gasteiger partial charge is 0.465 e. The van der Waals surface area contributed by atoms with Crippen LogP contribution in [0.5, 0.6) is 0 Å². The van der Waals surface area contributed by atoms with Crippen LogP contribution in [0.2, 0.25) is 4.34 Å². The molecule has 5 nitrogen and oxygen atoms in total. The van der Waals surface area contributed by atoms with Crippen LogP contribution in [-0.2, 0) is 19.7 Å². The molecule has 1 aliphatic carbocycles. The number of thiophene rings is 1. The average molecular weight is 560 g/mol. The fourth-order valence-electron chi connectivity index (χ4n) is 4.88. The van der Waals surface area contributed by atoms with Crippen molar-refractivity contribution in [3.05, 3.63) is 99.9 Å². The van der Waals surface area contributed by atoms with Crippen LogP contribution >= 0.6 is 22.9 Å². The Morgan fingerprint density at radius 1 is 0.974 bits per heavy atom. The van der Waals surface area contributed by atoms with Gasteiger partial charge in [0.1, 0.15) is 6.10 Å². The van der Waals surface area contributed by atoms with Crippen LogP contribution in [-0.4, -0.2) is 18.7 Å². The molecule has 1 aromatic heterocycles. The lowest BCUT2D eigenvalue weighted by Crippen LogP contribution is -2.23. The van der Waals surface area contributed by atoms with E-state index in [-0.39, 0.29) is 12.1 Å². The van der Waals surface area contributed by atoms with Crippen molar-refractivity contribution in [2.24, 2.45) is 0 Å². The third-order valence-corrected chi connectivity index (χ3v) is 8.50. The van der Waals surface area contributed by atoms with Gasteiger partial charge in [0.2, 0.25) is 0 Å². The number of hydrogen-bond acceptors (Lipinski definition) is 5. The summed E-state index contributed by atoms with van der Waals surface area (Å²) < 4.78 is 11.5. The highest BCUT2D eigenvalue weighted by molar-refractivity contribution is 7.20. The summed E-state index contributed by atoms with van der Waals surface area (Å²) in [5, 5.41) is 2.87. The van der Waals surface area contributed by atoms with Gasteiger partial charge >= 0.3 is 12.1 Å². The summed E-state index contributed by atoms with van der Waals surface area (Å²) in [5.74, 6) is -0.130. The van der Waals surface area contributed by atoms with Gasteiger partial charge in [0.15, 0.2) is 0 Å². The molecule has 5 rings (SSSR count).